The second kappa shape index (κ2) is 6.36. The topological polar surface area (TPSA) is 66.4 Å². The van der Waals surface area contributed by atoms with E-state index in [0.29, 0.717) is 18.4 Å². The monoisotopic (exact) mass is 263 g/mol. The van der Waals surface area contributed by atoms with Gasteiger partial charge in [-0.25, -0.2) is 0 Å². The Hall–Kier alpha value is -1.84. The summed E-state index contributed by atoms with van der Waals surface area (Å²) in [6.45, 7) is 5.76. The fourth-order valence-corrected chi connectivity index (χ4v) is 1.93. The molecule has 0 fully saturated rings. The molecule has 2 N–H and O–H groups in total. The molecule has 4 heteroatoms. The number of aliphatic carboxylic acids is 1. The van der Waals surface area contributed by atoms with Gasteiger partial charge in [-0.2, -0.15) is 0 Å². The molecule has 0 atom stereocenters. The minimum Gasteiger partial charge on any atom is -0.481 e. The zero-order valence-corrected chi connectivity index (χ0v) is 11.7. The molecule has 0 aliphatic heterocycles. The SMILES string of the molecule is CCC(CC)(CNC(=O)c1ccc(C)cc1)C(=O)O. The fourth-order valence-electron chi connectivity index (χ4n) is 1.93. The summed E-state index contributed by atoms with van der Waals surface area (Å²) in [5, 5.41) is 12.0. The molecule has 104 valence electrons. The van der Waals surface area contributed by atoms with Crippen molar-refractivity contribution in [2.75, 3.05) is 6.54 Å². The van der Waals surface area contributed by atoms with E-state index in [4.69, 9.17) is 0 Å². The Morgan fingerprint density at radius 2 is 1.68 bits per heavy atom. The van der Waals surface area contributed by atoms with Crippen LogP contribution in [0.3, 0.4) is 0 Å². The molecule has 1 amide bonds. The molecule has 0 heterocycles. The molecule has 1 aromatic carbocycles. The summed E-state index contributed by atoms with van der Waals surface area (Å²) in [4.78, 5) is 23.3. The van der Waals surface area contributed by atoms with Crippen molar-refractivity contribution in [2.24, 2.45) is 5.41 Å². The number of benzene rings is 1. The van der Waals surface area contributed by atoms with Gasteiger partial charge in [0.2, 0.25) is 0 Å². The highest BCUT2D eigenvalue weighted by molar-refractivity contribution is 5.94. The van der Waals surface area contributed by atoms with Crippen LogP contribution in [-0.4, -0.2) is 23.5 Å². The van der Waals surface area contributed by atoms with E-state index < -0.39 is 11.4 Å². The van der Waals surface area contributed by atoms with E-state index in [1.54, 1.807) is 12.1 Å². The average Bonchev–Trinajstić information content (AvgIpc) is 2.40. The van der Waals surface area contributed by atoms with E-state index in [2.05, 4.69) is 5.32 Å². The highest BCUT2D eigenvalue weighted by Gasteiger charge is 2.35. The van der Waals surface area contributed by atoms with Gasteiger partial charge in [0.15, 0.2) is 0 Å². The highest BCUT2D eigenvalue weighted by atomic mass is 16.4. The van der Waals surface area contributed by atoms with Gasteiger partial charge in [0.1, 0.15) is 0 Å². The Morgan fingerprint density at radius 3 is 2.11 bits per heavy atom. The molecule has 0 saturated carbocycles. The van der Waals surface area contributed by atoms with Gasteiger partial charge in [-0.05, 0) is 31.9 Å². The van der Waals surface area contributed by atoms with Crippen LogP contribution in [0.15, 0.2) is 24.3 Å². The maximum atomic E-state index is 12.0. The molecule has 0 unspecified atom stereocenters. The minimum absolute atomic E-state index is 0.155. The third-order valence-corrected chi connectivity index (χ3v) is 3.71. The first-order valence-electron chi connectivity index (χ1n) is 6.53. The first-order chi connectivity index (χ1) is 8.95. The zero-order chi connectivity index (χ0) is 14.5. The zero-order valence-electron chi connectivity index (χ0n) is 11.7. The van der Waals surface area contributed by atoms with E-state index in [-0.39, 0.29) is 12.5 Å². The van der Waals surface area contributed by atoms with E-state index in [1.807, 2.05) is 32.9 Å². The number of carbonyl (C=O) groups is 2. The predicted octanol–water partition coefficient (Wildman–Crippen LogP) is 2.62. The lowest BCUT2D eigenvalue weighted by Crippen LogP contribution is -2.42. The number of aryl methyl sites for hydroxylation is 1. The Bertz CT molecular complexity index is 447. The number of carboxylic acids is 1. The summed E-state index contributed by atoms with van der Waals surface area (Å²) in [7, 11) is 0. The Balaban J connectivity index is 2.72. The molecule has 0 aromatic heterocycles. The van der Waals surface area contributed by atoms with Crippen molar-refractivity contribution in [3.05, 3.63) is 35.4 Å². The van der Waals surface area contributed by atoms with Crippen molar-refractivity contribution in [1.29, 1.82) is 0 Å². The predicted molar refractivity (Wildman–Crippen MR) is 74.2 cm³/mol. The molecule has 0 aliphatic carbocycles. The Kier molecular flexibility index (Phi) is 5.10. The summed E-state index contributed by atoms with van der Waals surface area (Å²) >= 11 is 0. The standard InChI is InChI=1S/C15H21NO3/c1-4-15(5-2,14(18)19)10-16-13(17)12-8-6-11(3)7-9-12/h6-9H,4-5,10H2,1-3H3,(H,16,17)(H,18,19). The second-order valence-corrected chi connectivity index (χ2v) is 4.84. The molecule has 0 spiro atoms. The highest BCUT2D eigenvalue weighted by Crippen LogP contribution is 2.25. The fraction of sp³-hybridized carbons (Fsp3) is 0.467. The van der Waals surface area contributed by atoms with Gasteiger partial charge < -0.3 is 10.4 Å². The number of nitrogens with one attached hydrogen (secondary N) is 1. The molecule has 0 radical (unpaired) electrons. The van der Waals surface area contributed by atoms with Gasteiger partial charge in [-0.1, -0.05) is 31.5 Å². The third-order valence-electron chi connectivity index (χ3n) is 3.71. The van der Waals surface area contributed by atoms with Gasteiger partial charge in [0.25, 0.3) is 5.91 Å². The summed E-state index contributed by atoms with van der Waals surface area (Å²) in [5.41, 5.74) is 0.760. The number of carbonyl (C=O) groups excluding carboxylic acids is 1. The third kappa shape index (κ3) is 3.56. The molecule has 19 heavy (non-hydrogen) atoms. The molecule has 0 bridgehead atoms. The van der Waals surface area contributed by atoms with Crippen LogP contribution in [0.25, 0.3) is 0 Å². The maximum absolute atomic E-state index is 12.0. The Labute approximate surface area is 113 Å². The van der Waals surface area contributed by atoms with Crippen molar-refractivity contribution in [1.82, 2.24) is 5.32 Å². The molecular formula is C15H21NO3. The quantitative estimate of drug-likeness (QED) is 0.829. The lowest BCUT2D eigenvalue weighted by atomic mass is 9.82. The van der Waals surface area contributed by atoms with Crippen molar-refractivity contribution in [3.63, 3.8) is 0 Å². The number of amides is 1. The summed E-state index contributed by atoms with van der Waals surface area (Å²) in [6, 6.07) is 7.20. The molecule has 1 aromatic rings. The molecule has 4 nitrogen and oxygen atoms in total. The van der Waals surface area contributed by atoms with Crippen LogP contribution in [0.4, 0.5) is 0 Å². The van der Waals surface area contributed by atoms with Crippen LogP contribution in [-0.2, 0) is 4.79 Å². The molecular weight excluding hydrogens is 242 g/mol. The van der Waals surface area contributed by atoms with Crippen molar-refractivity contribution >= 4 is 11.9 Å². The van der Waals surface area contributed by atoms with Crippen molar-refractivity contribution < 1.29 is 14.7 Å². The maximum Gasteiger partial charge on any atom is 0.311 e. The van der Waals surface area contributed by atoms with E-state index in [0.717, 1.165) is 5.56 Å². The number of carboxylic acid groups (broad SMARTS) is 1. The van der Waals surface area contributed by atoms with Crippen LogP contribution in [0.5, 0.6) is 0 Å². The van der Waals surface area contributed by atoms with Crippen molar-refractivity contribution in [3.8, 4) is 0 Å². The van der Waals surface area contributed by atoms with E-state index in [1.165, 1.54) is 0 Å². The van der Waals surface area contributed by atoms with Crippen molar-refractivity contribution in [2.45, 2.75) is 33.6 Å². The van der Waals surface area contributed by atoms with Gasteiger partial charge in [0.05, 0.1) is 5.41 Å². The largest absolute Gasteiger partial charge is 0.481 e. The summed E-state index contributed by atoms with van der Waals surface area (Å²) in [6.07, 6.45) is 0.986. The van der Waals surface area contributed by atoms with Crippen LogP contribution >= 0.6 is 0 Å². The number of hydrogen-bond acceptors (Lipinski definition) is 2. The first-order valence-corrected chi connectivity index (χ1v) is 6.53. The van der Waals surface area contributed by atoms with Crippen LogP contribution < -0.4 is 5.32 Å². The average molecular weight is 263 g/mol. The van der Waals surface area contributed by atoms with Gasteiger partial charge in [-0.15, -0.1) is 0 Å². The molecule has 0 aliphatic rings. The van der Waals surface area contributed by atoms with E-state index in [9.17, 15) is 14.7 Å². The smallest absolute Gasteiger partial charge is 0.311 e. The normalized spacial score (nSPS) is 11.1. The van der Waals surface area contributed by atoms with Crippen LogP contribution in [0, 0.1) is 12.3 Å². The summed E-state index contributed by atoms with van der Waals surface area (Å²) < 4.78 is 0. The Morgan fingerprint density at radius 1 is 1.16 bits per heavy atom. The molecule has 1 rings (SSSR count). The van der Waals surface area contributed by atoms with Crippen LogP contribution in [0.2, 0.25) is 0 Å². The van der Waals surface area contributed by atoms with Gasteiger partial charge >= 0.3 is 5.97 Å². The lowest BCUT2D eigenvalue weighted by molar-refractivity contribution is -0.149. The van der Waals surface area contributed by atoms with Crippen LogP contribution in [0.1, 0.15) is 42.6 Å². The molecule has 0 saturated heterocycles. The second-order valence-electron chi connectivity index (χ2n) is 4.84. The van der Waals surface area contributed by atoms with Gasteiger partial charge in [-0.3, -0.25) is 9.59 Å². The first kappa shape index (κ1) is 15.2. The number of rotatable bonds is 6. The minimum atomic E-state index is -0.875. The van der Waals surface area contributed by atoms with Gasteiger partial charge in [0, 0.05) is 12.1 Å². The summed E-state index contributed by atoms with van der Waals surface area (Å²) in [5.74, 6) is -1.09. The lowest BCUT2D eigenvalue weighted by Gasteiger charge is -2.26. The van der Waals surface area contributed by atoms with E-state index >= 15 is 0 Å². The number of hydrogen-bond donors (Lipinski definition) is 2.